The molecule has 0 spiro atoms. The molecule has 0 aliphatic carbocycles. The van der Waals surface area contributed by atoms with Gasteiger partial charge in [0.25, 0.3) is 0 Å². The van der Waals surface area contributed by atoms with E-state index in [2.05, 4.69) is 111 Å². The van der Waals surface area contributed by atoms with Gasteiger partial charge in [-0.3, -0.25) is 0 Å². The summed E-state index contributed by atoms with van der Waals surface area (Å²) in [5, 5.41) is 0. The van der Waals surface area contributed by atoms with Crippen LogP contribution in [0.2, 0.25) is 0 Å². The Morgan fingerprint density at radius 3 is 0.242 bits per heavy atom. The predicted molar refractivity (Wildman–Crippen MR) is 169 cm³/mol. The zero-order valence-electron chi connectivity index (χ0n) is 28.0. The molecular weight excluding hydrogens is 396 g/mol. The molecule has 0 rings (SSSR count). The Bertz CT molecular complexity index is 83.7. The molecule has 0 bridgehead atoms. The van der Waals surface area contributed by atoms with E-state index in [-0.39, 0.29) is 0 Å². The lowest BCUT2D eigenvalue weighted by Crippen LogP contribution is -1.59. The van der Waals surface area contributed by atoms with Crippen LogP contribution in [0.15, 0.2) is 0 Å². The molecule has 0 aliphatic rings. The van der Waals surface area contributed by atoms with Crippen molar-refractivity contribution in [1.82, 2.24) is 0 Å². The maximum absolute atomic E-state index is 2.21. The molecule has 214 valence electrons. The third kappa shape index (κ3) is 356. The largest absolute Gasteiger partial charge is 0.0654 e. The molecule has 0 aromatic carbocycles. The minimum atomic E-state index is 1.32. The summed E-state index contributed by atoms with van der Waals surface area (Å²) in [5.41, 5.74) is 0. The summed E-state index contributed by atoms with van der Waals surface area (Å²) in [6.07, 6.45) is 22.5. The zero-order valence-corrected chi connectivity index (χ0v) is 28.0. The first-order valence-electron chi connectivity index (χ1n) is 15.8. The molecule has 0 N–H and O–H groups in total. The van der Waals surface area contributed by atoms with Crippen molar-refractivity contribution < 1.29 is 0 Å². The van der Waals surface area contributed by atoms with Gasteiger partial charge < -0.3 is 0 Å². The van der Waals surface area contributed by atoms with E-state index in [4.69, 9.17) is 0 Å². The van der Waals surface area contributed by atoms with Gasteiger partial charge in [-0.2, -0.15) is 0 Å². The molecule has 0 aromatic rings. The van der Waals surface area contributed by atoms with Crippen LogP contribution in [-0.4, -0.2) is 0 Å². The van der Waals surface area contributed by atoms with E-state index in [1.165, 1.54) is 109 Å². The quantitative estimate of drug-likeness (QED) is 0.309. The Morgan fingerprint density at radius 1 is 0.152 bits per heavy atom. The number of unbranched alkanes of at least 4 members (excludes halogenated alkanes) is 9. The fourth-order valence-electron chi connectivity index (χ4n) is 0.354. The standard InChI is InChI=1S/C5H12.7C4H10/c1-3-5-4-2;7*1-3-4-2/h3-5H2,1-2H3;7*3-4H2,1-2H3. The molecule has 0 aliphatic heterocycles. The second kappa shape index (κ2) is 106. The van der Waals surface area contributed by atoms with Crippen molar-refractivity contribution in [3.05, 3.63) is 0 Å². The first-order valence-corrected chi connectivity index (χ1v) is 15.8. The second-order valence-electron chi connectivity index (χ2n) is 8.35. The van der Waals surface area contributed by atoms with E-state index in [1.807, 2.05) is 0 Å². The third-order valence-corrected chi connectivity index (χ3v) is 4.21. The van der Waals surface area contributed by atoms with Crippen molar-refractivity contribution in [2.45, 2.75) is 220 Å². The number of hydrogen-bond acceptors (Lipinski definition) is 0. The van der Waals surface area contributed by atoms with Crippen LogP contribution in [0.3, 0.4) is 0 Å². The minimum absolute atomic E-state index is 1.32. The van der Waals surface area contributed by atoms with Gasteiger partial charge >= 0.3 is 0 Å². The van der Waals surface area contributed by atoms with Gasteiger partial charge in [0.2, 0.25) is 0 Å². The van der Waals surface area contributed by atoms with Crippen molar-refractivity contribution in [2.75, 3.05) is 0 Å². The van der Waals surface area contributed by atoms with Crippen LogP contribution in [0.25, 0.3) is 0 Å². The Kier molecular flexibility index (Phi) is 174. The fraction of sp³-hybridized carbons (Fsp3) is 1.00. The molecule has 0 saturated heterocycles. The summed E-state index contributed by atoms with van der Waals surface area (Å²) in [6.45, 7) is 35.0. The molecule has 0 amide bonds. The average molecular weight is 479 g/mol. The van der Waals surface area contributed by atoms with Crippen LogP contribution in [0.4, 0.5) is 0 Å². The van der Waals surface area contributed by atoms with E-state index in [1.54, 1.807) is 0 Å². The highest BCUT2D eigenvalue weighted by Crippen LogP contribution is 1.88. The van der Waals surface area contributed by atoms with E-state index < -0.39 is 0 Å². The van der Waals surface area contributed by atoms with Crippen molar-refractivity contribution in [3.8, 4) is 0 Å². The summed E-state index contributed by atoms with van der Waals surface area (Å²) < 4.78 is 0. The molecule has 0 nitrogen and oxygen atoms in total. The van der Waals surface area contributed by atoms with E-state index in [0.717, 1.165) is 0 Å². The molecule has 0 heteroatoms. The molecule has 0 atom stereocenters. The molecule has 0 heterocycles. The van der Waals surface area contributed by atoms with Gasteiger partial charge in [0.05, 0.1) is 0 Å². The Morgan fingerprint density at radius 2 is 0.242 bits per heavy atom. The molecule has 0 aromatic heterocycles. The van der Waals surface area contributed by atoms with E-state index >= 15 is 0 Å². The highest BCUT2D eigenvalue weighted by Gasteiger charge is 1.68. The van der Waals surface area contributed by atoms with Gasteiger partial charge in [-0.05, 0) is 0 Å². The molecule has 0 radical (unpaired) electrons. The van der Waals surface area contributed by atoms with Gasteiger partial charge in [0.1, 0.15) is 0 Å². The van der Waals surface area contributed by atoms with Crippen LogP contribution in [0.1, 0.15) is 220 Å². The van der Waals surface area contributed by atoms with Crippen LogP contribution >= 0.6 is 0 Å². The van der Waals surface area contributed by atoms with Crippen molar-refractivity contribution >= 4 is 0 Å². The lowest BCUT2D eigenvalue weighted by molar-refractivity contribution is 0.772. The van der Waals surface area contributed by atoms with Crippen molar-refractivity contribution in [2.24, 2.45) is 0 Å². The number of rotatable bonds is 9. The van der Waals surface area contributed by atoms with Gasteiger partial charge in [0.15, 0.2) is 0 Å². The third-order valence-electron chi connectivity index (χ3n) is 4.21. The van der Waals surface area contributed by atoms with Crippen molar-refractivity contribution in [3.63, 3.8) is 0 Å². The first kappa shape index (κ1) is 54.1. The monoisotopic (exact) mass is 479 g/mol. The van der Waals surface area contributed by atoms with Crippen LogP contribution in [-0.2, 0) is 0 Å². The van der Waals surface area contributed by atoms with Gasteiger partial charge in [0, 0.05) is 0 Å². The maximum Gasteiger partial charge on any atom is -0.0538 e. The predicted octanol–water partition coefficient (Wildman–Crippen LogP) is 14.8. The van der Waals surface area contributed by atoms with Gasteiger partial charge in [-0.25, -0.2) is 0 Å². The first-order chi connectivity index (χ1) is 15.8. The summed E-state index contributed by atoms with van der Waals surface area (Å²) in [4.78, 5) is 0. The Hall–Kier alpha value is 0. The van der Waals surface area contributed by atoms with Crippen LogP contribution < -0.4 is 0 Å². The van der Waals surface area contributed by atoms with E-state index in [0.29, 0.717) is 0 Å². The Balaban J connectivity index is -0.0000000361. The lowest BCUT2D eigenvalue weighted by atomic mass is 10.3. The van der Waals surface area contributed by atoms with Crippen LogP contribution in [0, 0.1) is 0 Å². The second-order valence-corrected chi connectivity index (χ2v) is 8.35. The molecule has 0 saturated carbocycles. The van der Waals surface area contributed by atoms with Crippen LogP contribution in [0.5, 0.6) is 0 Å². The highest BCUT2D eigenvalue weighted by molar-refractivity contribution is 4.24. The topological polar surface area (TPSA) is 0 Å². The summed E-state index contributed by atoms with van der Waals surface area (Å²) in [6, 6.07) is 0. The van der Waals surface area contributed by atoms with Gasteiger partial charge in [-0.1, -0.05) is 220 Å². The normalized spacial score (nSPS) is 7.64. The molecule has 0 unspecified atom stereocenters. The summed E-state index contributed by atoms with van der Waals surface area (Å²) in [7, 11) is 0. The zero-order chi connectivity index (χ0) is 28.0. The van der Waals surface area contributed by atoms with E-state index in [9.17, 15) is 0 Å². The molecular formula is C33H82. The maximum atomic E-state index is 2.21. The summed E-state index contributed by atoms with van der Waals surface area (Å²) in [5.74, 6) is 0. The number of hydrogen-bond donors (Lipinski definition) is 0. The summed E-state index contributed by atoms with van der Waals surface area (Å²) >= 11 is 0. The fourth-order valence-corrected chi connectivity index (χ4v) is 0.354. The molecule has 0 fully saturated rings. The Labute approximate surface area is 219 Å². The minimum Gasteiger partial charge on any atom is -0.0654 e. The smallest absolute Gasteiger partial charge is 0.0538 e. The SMILES string of the molecule is CCCC.CCCC.CCCC.CCCC.CCCC.CCCC.CCCC.CCCCC. The lowest BCUT2D eigenvalue weighted by Gasteiger charge is -1.79. The van der Waals surface area contributed by atoms with Gasteiger partial charge in [-0.15, -0.1) is 0 Å². The van der Waals surface area contributed by atoms with Crippen molar-refractivity contribution in [1.29, 1.82) is 0 Å². The molecule has 33 heavy (non-hydrogen) atoms. The highest BCUT2D eigenvalue weighted by atomic mass is 13.7. The average Bonchev–Trinajstić information content (AvgIpc) is 2.89.